The van der Waals surface area contributed by atoms with Gasteiger partial charge in [0.15, 0.2) is 5.65 Å². The van der Waals surface area contributed by atoms with Crippen molar-refractivity contribution in [3.8, 4) is 11.6 Å². The number of hydrogen-bond donors (Lipinski definition) is 0. The number of ether oxygens (including phenoxy) is 1. The summed E-state index contributed by atoms with van der Waals surface area (Å²) in [5.41, 5.74) is 5.91. The van der Waals surface area contributed by atoms with Crippen LogP contribution in [-0.2, 0) is 13.0 Å². The second-order valence-electron chi connectivity index (χ2n) is 6.91. The molecule has 0 aliphatic rings. The third-order valence-electron chi connectivity index (χ3n) is 4.88. The van der Waals surface area contributed by atoms with Gasteiger partial charge in [-0.15, -0.1) is 0 Å². The Morgan fingerprint density at radius 1 is 0.964 bits per heavy atom. The van der Waals surface area contributed by atoms with Gasteiger partial charge in [0.1, 0.15) is 12.4 Å². The van der Waals surface area contributed by atoms with E-state index in [0.717, 1.165) is 40.0 Å². The van der Waals surface area contributed by atoms with Crippen LogP contribution < -0.4 is 4.74 Å². The summed E-state index contributed by atoms with van der Waals surface area (Å²) in [6.45, 7) is 6.50. The molecule has 5 heteroatoms. The van der Waals surface area contributed by atoms with E-state index < -0.39 is 0 Å². The van der Waals surface area contributed by atoms with Crippen LogP contribution in [0.2, 0.25) is 0 Å². The van der Waals surface area contributed by atoms with Crippen LogP contribution in [0.5, 0.6) is 5.88 Å². The first-order chi connectivity index (χ1) is 13.5. The van der Waals surface area contributed by atoms with E-state index in [1.54, 1.807) is 12.1 Å². The van der Waals surface area contributed by atoms with E-state index in [-0.39, 0.29) is 5.82 Å². The summed E-state index contributed by atoms with van der Waals surface area (Å²) in [4.78, 5) is 4.71. The van der Waals surface area contributed by atoms with Crippen molar-refractivity contribution in [2.24, 2.45) is 0 Å². The van der Waals surface area contributed by atoms with Gasteiger partial charge in [0.25, 0.3) is 0 Å². The van der Waals surface area contributed by atoms with Crippen LogP contribution in [0.15, 0.2) is 54.6 Å². The van der Waals surface area contributed by atoms with Gasteiger partial charge in [-0.25, -0.2) is 9.07 Å². The molecule has 0 saturated carbocycles. The molecule has 0 N–H and O–H groups in total. The van der Waals surface area contributed by atoms with E-state index in [0.29, 0.717) is 12.5 Å². The van der Waals surface area contributed by atoms with Crippen molar-refractivity contribution in [2.75, 3.05) is 0 Å². The van der Waals surface area contributed by atoms with Crippen molar-refractivity contribution >= 4 is 11.0 Å². The number of nitrogens with zero attached hydrogens (tertiary/aromatic N) is 3. The Bertz CT molecular complexity index is 1120. The highest BCUT2D eigenvalue weighted by molar-refractivity contribution is 5.84. The van der Waals surface area contributed by atoms with Crippen LogP contribution in [0.1, 0.15) is 29.3 Å². The molecule has 0 bridgehead atoms. The summed E-state index contributed by atoms with van der Waals surface area (Å²) >= 11 is 0. The zero-order valence-corrected chi connectivity index (χ0v) is 16.2. The number of pyridine rings is 1. The first-order valence-electron chi connectivity index (χ1n) is 9.38. The van der Waals surface area contributed by atoms with Gasteiger partial charge in [-0.2, -0.15) is 10.1 Å². The third-order valence-corrected chi connectivity index (χ3v) is 4.88. The fourth-order valence-corrected chi connectivity index (χ4v) is 3.34. The van der Waals surface area contributed by atoms with Gasteiger partial charge in [0, 0.05) is 11.5 Å². The zero-order chi connectivity index (χ0) is 19.7. The first kappa shape index (κ1) is 18.2. The number of hydrogen-bond acceptors (Lipinski definition) is 3. The van der Waals surface area contributed by atoms with Crippen LogP contribution in [0.3, 0.4) is 0 Å². The van der Waals surface area contributed by atoms with E-state index in [1.165, 1.54) is 17.7 Å². The second-order valence-corrected chi connectivity index (χ2v) is 6.91. The standard InChI is InChI=1S/C23H22FN3O/c1-4-17-7-11-20(12-8-17)27-23-22(16(3)26-27)15(2)13-21(25-23)28-14-18-5-9-19(24)10-6-18/h5-13H,4,14H2,1-3H3. The lowest BCUT2D eigenvalue weighted by Crippen LogP contribution is -2.01. The number of aryl methyl sites for hydroxylation is 3. The van der Waals surface area contributed by atoms with E-state index in [9.17, 15) is 4.39 Å². The topological polar surface area (TPSA) is 39.9 Å². The van der Waals surface area contributed by atoms with Gasteiger partial charge in [-0.1, -0.05) is 31.2 Å². The molecule has 0 aliphatic carbocycles. The Morgan fingerprint density at radius 2 is 1.64 bits per heavy atom. The van der Waals surface area contributed by atoms with Crippen molar-refractivity contribution in [1.82, 2.24) is 14.8 Å². The lowest BCUT2D eigenvalue weighted by molar-refractivity contribution is 0.294. The quantitative estimate of drug-likeness (QED) is 0.474. The molecule has 0 amide bonds. The maximum atomic E-state index is 13.1. The van der Waals surface area contributed by atoms with Crippen molar-refractivity contribution in [1.29, 1.82) is 0 Å². The Hall–Kier alpha value is -3.21. The Balaban J connectivity index is 1.70. The zero-order valence-electron chi connectivity index (χ0n) is 16.2. The van der Waals surface area contributed by atoms with E-state index in [2.05, 4.69) is 31.2 Å². The fourth-order valence-electron chi connectivity index (χ4n) is 3.34. The van der Waals surface area contributed by atoms with Crippen molar-refractivity contribution in [3.63, 3.8) is 0 Å². The molecule has 4 nitrogen and oxygen atoms in total. The average Bonchev–Trinajstić information content (AvgIpc) is 3.04. The van der Waals surface area contributed by atoms with Crippen molar-refractivity contribution in [2.45, 2.75) is 33.8 Å². The molecule has 0 fully saturated rings. The lowest BCUT2D eigenvalue weighted by atomic mass is 10.1. The summed E-state index contributed by atoms with van der Waals surface area (Å²) in [5, 5.41) is 5.74. The number of fused-ring (bicyclic) bond motifs is 1. The second kappa shape index (κ2) is 7.43. The highest BCUT2D eigenvalue weighted by Crippen LogP contribution is 2.27. The average molecular weight is 375 g/mol. The predicted octanol–water partition coefficient (Wildman–Crippen LogP) is 5.32. The smallest absolute Gasteiger partial charge is 0.215 e. The van der Waals surface area contributed by atoms with Gasteiger partial charge < -0.3 is 4.74 Å². The molecular formula is C23H22FN3O. The summed E-state index contributed by atoms with van der Waals surface area (Å²) in [7, 11) is 0. The molecule has 2 heterocycles. The molecule has 2 aromatic carbocycles. The lowest BCUT2D eigenvalue weighted by Gasteiger charge is -2.09. The van der Waals surface area contributed by atoms with Crippen LogP contribution in [0.4, 0.5) is 4.39 Å². The van der Waals surface area contributed by atoms with Crippen LogP contribution >= 0.6 is 0 Å². The SMILES string of the molecule is CCc1ccc(-n2nc(C)c3c(C)cc(OCc4ccc(F)cc4)nc32)cc1. The summed E-state index contributed by atoms with van der Waals surface area (Å²) in [6, 6.07) is 16.6. The largest absolute Gasteiger partial charge is 0.473 e. The Labute approximate surface area is 163 Å². The minimum atomic E-state index is -0.257. The number of benzene rings is 2. The monoisotopic (exact) mass is 375 g/mol. The maximum absolute atomic E-state index is 13.1. The minimum Gasteiger partial charge on any atom is -0.473 e. The molecular weight excluding hydrogens is 353 g/mol. The summed E-state index contributed by atoms with van der Waals surface area (Å²) in [6.07, 6.45) is 0.998. The summed E-state index contributed by atoms with van der Waals surface area (Å²) < 4.78 is 20.8. The van der Waals surface area contributed by atoms with E-state index in [1.807, 2.05) is 24.6 Å². The first-order valence-corrected chi connectivity index (χ1v) is 9.38. The molecule has 28 heavy (non-hydrogen) atoms. The van der Waals surface area contributed by atoms with Crippen molar-refractivity contribution in [3.05, 3.63) is 82.8 Å². The molecule has 0 radical (unpaired) electrons. The molecule has 0 aliphatic heterocycles. The highest BCUT2D eigenvalue weighted by atomic mass is 19.1. The molecule has 2 aromatic heterocycles. The Morgan fingerprint density at radius 3 is 2.32 bits per heavy atom. The third kappa shape index (κ3) is 3.48. The van der Waals surface area contributed by atoms with Gasteiger partial charge in [-0.3, -0.25) is 0 Å². The normalized spacial score (nSPS) is 11.1. The van der Waals surface area contributed by atoms with Crippen LogP contribution in [-0.4, -0.2) is 14.8 Å². The maximum Gasteiger partial charge on any atom is 0.215 e. The molecule has 0 atom stereocenters. The predicted molar refractivity (Wildman–Crippen MR) is 108 cm³/mol. The fraction of sp³-hybridized carbons (Fsp3) is 0.217. The highest BCUT2D eigenvalue weighted by Gasteiger charge is 2.15. The number of halogens is 1. The number of aromatic nitrogens is 3. The number of rotatable bonds is 5. The molecule has 4 rings (SSSR count). The Kier molecular flexibility index (Phi) is 4.82. The van der Waals surface area contributed by atoms with Crippen LogP contribution in [0, 0.1) is 19.7 Å². The van der Waals surface area contributed by atoms with Gasteiger partial charge >= 0.3 is 0 Å². The summed E-state index contributed by atoms with van der Waals surface area (Å²) in [5.74, 6) is 0.272. The van der Waals surface area contributed by atoms with E-state index in [4.69, 9.17) is 14.8 Å². The van der Waals surface area contributed by atoms with E-state index >= 15 is 0 Å². The van der Waals surface area contributed by atoms with Gasteiger partial charge in [0.2, 0.25) is 5.88 Å². The van der Waals surface area contributed by atoms with Crippen molar-refractivity contribution < 1.29 is 9.13 Å². The van der Waals surface area contributed by atoms with Gasteiger partial charge in [-0.05, 0) is 61.2 Å². The molecule has 0 spiro atoms. The molecule has 0 unspecified atom stereocenters. The van der Waals surface area contributed by atoms with Crippen LogP contribution in [0.25, 0.3) is 16.7 Å². The molecule has 142 valence electrons. The molecule has 0 saturated heterocycles. The minimum absolute atomic E-state index is 0.257. The molecule has 4 aromatic rings. The van der Waals surface area contributed by atoms with Gasteiger partial charge in [0.05, 0.1) is 11.4 Å².